The number of rotatable bonds is 4. The number of carboxylic acids is 1. The van der Waals surface area contributed by atoms with Crippen molar-refractivity contribution in [3.63, 3.8) is 0 Å². The number of carboxylic acid groups (broad SMARTS) is 1. The summed E-state index contributed by atoms with van der Waals surface area (Å²) in [4.78, 5) is 10.8. The van der Waals surface area contributed by atoms with Crippen LogP contribution in [0, 0.1) is 5.82 Å². The molecular weight excluding hydrogens is 227 g/mol. The predicted octanol–water partition coefficient (Wildman–Crippen LogP) is 1.56. The minimum atomic E-state index is -1.64. The van der Waals surface area contributed by atoms with Crippen LogP contribution in [0.4, 0.5) is 4.39 Å². The van der Waals surface area contributed by atoms with Gasteiger partial charge in [0.25, 0.3) is 0 Å². The van der Waals surface area contributed by atoms with E-state index in [2.05, 4.69) is 0 Å². The van der Waals surface area contributed by atoms with Gasteiger partial charge in [-0.05, 0) is 6.07 Å². The Morgan fingerprint density at radius 1 is 1.47 bits per heavy atom. The maximum atomic E-state index is 13.5. The normalized spacial score (nSPS) is 13.2. The number of ether oxygens (including phenoxy) is 1. The summed E-state index contributed by atoms with van der Waals surface area (Å²) in [6.07, 6.45) is -1.64. The minimum absolute atomic E-state index is 0.0437. The minimum Gasteiger partial charge on any atom is -0.493 e. The average Bonchev–Trinajstić information content (AvgIpc) is 2.27. The predicted molar refractivity (Wildman–Crippen MR) is 59.6 cm³/mol. The van der Waals surface area contributed by atoms with Crippen molar-refractivity contribution in [2.75, 3.05) is 7.11 Å². The van der Waals surface area contributed by atoms with E-state index in [4.69, 9.17) is 9.84 Å². The lowest BCUT2D eigenvalue weighted by Crippen LogP contribution is -2.40. The number of carbonyl (C=O) groups is 1. The van der Waals surface area contributed by atoms with Crippen molar-refractivity contribution in [3.05, 3.63) is 29.6 Å². The Balaban J connectivity index is 3.32. The van der Waals surface area contributed by atoms with Crippen molar-refractivity contribution in [2.45, 2.75) is 25.4 Å². The van der Waals surface area contributed by atoms with Gasteiger partial charge in [-0.25, -0.2) is 9.18 Å². The van der Waals surface area contributed by atoms with E-state index >= 15 is 0 Å². The number of benzene rings is 1. The van der Waals surface area contributed by atoms with Crippen molar-refractivity contribution in [3.8, 4) is 5.75 Å². The topological polar surface area (TPSA) is 66.8 Å². The van der Waals surface area contributed by atoms with Gasteiger partial charge < -0.3 is 14.9 Å². The smallest absolute Gasteiger partial charge is 0.333 e. The van der Waals surface area contributed by atoms with Gasteiger partial charge >= 0.3 is 5.97 Å². The summed E-state index contributed by atoms with van der Waals surface area (Å²) in [7, 11) is 1.30. The van der Waals surface area contributed by atoms with Crippen LogP contribution in [-0.2, 0) is 10.2 Å². The lowest BCUT2D eigenvalue weighted by molar-refractivity contribution is -0.150. The van der Waals surface area contributed by atoms with Crippen molar-refractivity contribution in [2.24, 2.45) is 0 Å². The first-order chi connectivity index (χ1) is 7.82. The molecule has 5 heteroatoms. The molecule has 1 aromatic rings. The Labute approximate surface area is 98.7 Å². The van der Waals surface area contributed by atoms with Crippen molar-refractivity contribution in [1.82, 2.24) is 0 Å². The number of hydrogen-bond acceptors (Lipinski definition) is 3. The Hall–Kier alpha value is -1.62. The van der Waals surface area contributed by atoms with Crippen LogP contribution in [0.5, 0.6) is 5.75 Å². The number of aliphatic hydroxyl groups is 1. The largest absolute Gasteiger partial charge is 0.493 e. The van der Waals surface area contributed by atoms with Gasteiger partial charge in [0.1, 0.15) is 0 Å². The van der Waals surface area contributed by atoms with Crippen LogP contribution in [0.25, 0.3) is 0 Å². The Bertz CT molecular complexity index is 429. The van der Waals surface area contributed by atoms with E-state index in [9.17, 15) is 14.3 Å². The van der Waals surface area contributed by atoms with E-state index in [-0.39, 0.29) is 5.75 Å². The molecule has 1 atom stereocenters. The highest BCUT2D eigenvalue weighted by Gasteiger charge is 2.37. The number of methoxy groups -OCH3 is 1. The standard InChI is InChI=1S/C12H15FO4/c1-12(2,10(14)11(15)16)7-5-4-6-8(13)9(7)17-3/h4-6,10,14H,1-3H3,(H,15,16). The van der Waals surface area contributed by atoms with Crippen LogP contribution in [0.3, 0.4) is 0 Å². The molecule has 17 heavy (non-hydrogen) atoms. The highest BCUT2D eigenvalue weighted by Crippen LogP contribution is 2.35. The molecule has 94 valence electrons. The van der Waals surface area contributed by atoms with E-state index in [1.807, 2.05) is 0 Å². The molecule has 4 nitrogen and oxygen atoms in total. The molecule has 0 amide bonds. The zero-order valence-corrected chi connectivity index (χ0v) is 9.90. The second-order valence-electron chi connectivity index (χ2n) is 4.28. The SMILES string of the molecule is COc1c(F)cccc1C(C)(C)C(O)C(=O)O. The molecule has 0 radical (unpaired) electrons. The molecule has 2 N–H and O–H groups in total. The average molecular weight is 242 g/mol. The lowest BCUT2D eigenvalue weighted by Gasteiger charge is -2.29. The van der Waals surface area contributed by atoms with Gasteiger partial charge in [0.2, 0.25) is 0 Å². The van der Waals surface area contributed by atoms with E-state index in [0.29, 0.717) is 5.56 Å². The third kappa shape index (κ3) is 2.39. The zero-order chi connectivity index (χ0) is 13.2. The number of hydrogen-bond donors (Lipinski definition) is 2. The number of aliphatic hydroxyl groups excluding tert-OH is 1. The van der Waals surface area contributed by atoms with Gasteiger partial charge in [0.05, 0.1) is 7.11 Å². The second kappa shape index (κ2) is 4.71. The number of para-hydroxylation sites is 1. The summed E-state index contributed by atoms with van der Waals surface area (Å²) < 4.78 is 18.4. The Morgan fingerprint density at radius 3 is 2.53 bits per heavy atom. The van der Waals surface area contributed by atoms with Gasteiger partial charge in [-0.1, -0.05) is 26.0 Å². The summed E-state index contributed by atoms with van der Waals surface area (Å²) in [6, 6.07) is 4.20. The highest BCUT2D eigenvalue weighted by atomic mass is 19.1. The van der Waals surface area contributed by atoms with Crippen LogP contribution in [0.15, 0.2) is 18.2 Å². The van der Waals surface area contributed by atoms with Crippen LogP contribution < -0.4 is 4.74 Å². The molecule has 1 aromatic carbocycles. The quantitative estimate of drug-likeness (QED) is 0.840. The lowest BCUT2D eigenvalue weighted by atomic mass is 9.78. The molecule has 0 heterocycles. The Morgan fingerprint density at radius 2 is 2.06 bits per heavy atom. The van der Waals surface area contributed by atoms with Crippen molar-refractivity contribution in [1.29, 1.82) is 0 Å². The van der Waals surface area contributed by atoms with Crippen LogP contribution in [0.2, 0.25) is 0 Å². The van der Waals surface area contributed by atoms with Crippen LogP contribution in [-0.4, -0.2) is 29.4 Å². The molecule has 0 aromatic heterocycles. The molecule has 1 rings (SSSR count). The van der Waals surface area contributed by atoms with Gasteiger partial charge in [0, 0.05) is 11.0 Å². The fraction of sp³-hybridized carbons (Fsp3) is 0.417. The molecule has 1 unspecified atom stereocenters. The number of halogens is 1. The molecule has 0 fully saturated rings. The third-order valence-corrected chi connectivity index (χ3v) is 2.78. The fourth-order valence-electron chi connectivity index (χ4n) is 1.68. The fourth-order valence-corrected chi connectivity index (χ4v) is 1.68. The molecule has 0 aliphatic carbocycles. The molecule has 0 aliphatic heterocycles. The van der Waals surface area contributed by atoms with E-state index in [1.165, 1.54) is 39.2 Å². The number of aliphatic carboxylic acids is 1. The van der Waals surface area contributed by atoms with Gasteiger partial charge in [0.15, 0.2) is 17.7 Å². The first kappa shape index (κ1) is 13.4. The molecule has 0 saturated carbocycles. The maximum absolute atomic E-state index is 13.5. The van der Waals surface area contributed by atoms with Gasteiger partial charge in [-0.2, -0.15) is 0 Å². The molecule has 0 spiro atoms. The molecular formula is C12H15FO4. The molecule has 0 saturated heterocycles. The summed E-state index contributed by atoms with van der Waals surface area (Å²) in [5, 5.41) is 18.5. The summed E-state index contributed by atoms with van der Waals surface area (Å²) >= 11 is 0. The summed E-state index contributed by atoms with van der Waals surface area (Å²) in [5.74, 6) is -1.99. The second-order valence-corrected chi connectivity index (χ2v) is 4.28. The highest BCUT2D eigenvalue weighted by molar-refractivity contribution is 5.74. The van der Waals surface area contributed by atoms with E-state index in [1.54, 1.807) is 0 Å². The molecule has 0 bridgehead atoms. The monoisotopic (exact) mass is 242 g/mol. The Kier molecular flexibility index (Phi) is 3.72. The van der Waals surface area contributed by atoms with Crippen molar-refractivity contribution < 1.29 is 24.1 Å². The van der Waals surface area contributed by atoms with Gasteiger partial charge in [-0.15, -0.1) is 0 Å². The van der Waals surface area contributed by atoms with E-state index in [0.717, 1.165) is 0 Å². The van der Waals surface area contributed by atoms with Crippen LogP contribution >= 0.6 is 0 Å². The van der Waals surface area contributed by atoms with Gasteiger partial charge in [-0.3, -0.25) is 0 Å². The van der Waals surface area contributed by atoms with Crippen LogP contribution in [0.1, 0.15) is 19.4 Å². The third-order valence-electron chi connectivity index (χ3n) is 2.78. The molecule has 0 aliphatic rings. The first-order valence-corrected chi connectivity index (χ1v) is 5.06. The first-order valence-electron chi connectivity index (χ1n) is 5.06. The maximum Gasteiger partial charge on any atom is 0.333 e. The van der Waals surface area contributed by atoms with Crippen molar-refractivity contribution >= 4 is 5.97 Å². The van der Waals surface area contributed by atoms with E-state index < -0.39 is 23.3 Å². The summed E-state index contributed by atoms with van der Waals surface area (Å²) in [6.45, 7) is 3.03. The summed E-state index contributed by atoms with van der Waals surface area (Å²) in [5.41, 5.74) is -0.839. The zero-order valence-electron chi connectivity index (χ0n) is 9.90.